The Balaban J connectivity index is 1.61. The largest absolute Gasteiger partial charge is 0.449 e. The summed E-state index contributed by atoms with van der Waals surface area (Å²) in [6.07, 6.45) is -1.07. The summed E-state index contributed by atoms with van der Waals surface area (Å²) in [7, 11) is 0. The van der Waals surface area contributed by atoms with Crippen LogP contribution in [0.2, 0.25) is 0 Å². The van der Waals surface area contributed by atoms with E-state index in [1.54, 1.807) is 30.3 Å². The van der Waals surface area contributed by atoms with Gasteiger partial charge in [-0.05, 0) is 67.6 Å². The zero-order valence-electron chi connectivity index (χ0n) is 14.8. The summed E-state index contributed by atoms with van der Waals surface area (Å²) < 4.78 is 23.6. The van der Waals surface area contributed by atoms with Crippen LogP contribution in [-0.4, -0.2) is 18.0 Å². The number of nitrogens with one attached hydrogen (secondary N) is 1. The molecular formula is C21H15FN2O4. The average Bonchev–Trinajstić information content (AvgIpc) is 3.19. The molecular weight excluding hydrogens is 363 g/mol. The number of nitrogens with zero attached hydrogens (tertiary/aromatic N) is 1. The first-order valence-electron chi connectivity index (χ1n) is 8.34. The maximum absolute atomic E-state index is 13.0. The molecule has 1 aromatic heterocycles. The van der Waals surface area contributed by atoms with Crippen molar-refractivity contribution in [3.63, 3.8) is 0 Å². The van der Waals surface area contributed by atoms with E-state index in [0.29, 0.717) is 22.6 Å². The topological polar surface area (TPSA) is 92.3 Å². The number of benzene rings is 2. The smallest absolute Gasteiger partial charge is 0.375 e. The highest BCUT2D eigenvalue weighted by Gasteiger charge is 2.21. The molecule has 1 unspecified atom stereocenters. The maximum Gasteiger partial charge on any atom is 0.375 e. The van der Waals surface area contributed by atoms with Crippen LogP contribution < -0.4 is 5.32 Å². The van der Waals surface area contributed by atoms with E-state index in [-0.39, 0.29) is 11.6 Å². The third-order valence-corrected chi connectivity index (χ3v) is 3.87. The minimum absolute atomic E-state index is 0.0719. The number of carbonyl (C=O) groups excluding carboxylic acids is 2. The van der Waals surface area contributed by atoms with Crippen molar-refractivity contribution < 1.29 is 23.1 Å². The molecule has 0 spiro atoms. The fourth-order valence-electron chi connectivity index (χ4n) is 2.36. The molecule has 0 aliphatic rings. The Morgan fingerprint density at radius 1 is 1.07 bits per heavy atom. The molecule has 0 saturated carbocycles. The van der Waals surface area contributed by atoms with Crippen LogP contribution >= 0.6 is 0 Å². The van der Waals surface area contributed by atoms with Gasteiger partial charge < -0.3 is 14.5 Å². The van der Waals surface area contributed by atoms with Crippen LogP contribution in [0.1, 0.15) is 23.0 Å². The molecule has 1 amide bonds. The quantitative estimate of drug-likeness (QED) is 0.674. The Morgan fingerprint density at radius 2 is 1.75 bits per heavy atom. The molecule has 0 saturated heterocycles. The predicted molar refractivity (Wildman–Crippen MR) is 98.8 cm³/mol. The number of rotatable bonds is 5. The van der Waals surface area contributed by atoms with E-state index in [1.165, 1.54) is 37.3 Å². The first-order valence-corrected chi connectivity index (χ1v) is 8.34. The van der Waals surface area contributed by atoms with Crippen LogP contribution in [0.25, 0.3) is 11.3 Å². The van der Waals surface area contributed by atoms with Crippen molar-refractivity contribution in [2.75, 3.05) is 5.32 Å². The van der Waals surface area contributed by atoms with Crippen molar-refractivity contribution >= 4 is 17.6 Å². The lowest BCUT2D eigenvalue weighted by molar-refractivity contribution is -0.123. The number of hydrogen-bond acceptors (Lipinski definition) is 5. The first-order chi connectivity index (χ1) is 13.5. The first kappa shape index (κ1) is 18.9. The molecule has 3 rings (SSSR count). The molecule has 0 fully saturated rings. The SMILES string of the molecule is CC(OC(=O)c1ccc(-c2ccc(F)cc2)o1)C(=O)Nc1ccc(C#N)cc1. The van der Waals surface area contributed by atoms with Crippen molar-refractivity contribution in [1.82, 2.24) is 0 Å². The van der Waals surface area contributed by atoms with Crippen LogP contribution in [-0.2, 0) is 9.53 Å². The normalized spacial score (nSPS) is 11.3. The lowest BCUT2D eigenvalue weighted by atomic mass is 10.2. The van der Waals surface area contributed by atoms with Gasteiger partial charge in [0.2, 0.25) is 5.76 Å². The number of carbonyl (C=O) groups is 2. The van der Waals surface area contributed by atoms with Gasteiger partial charge in [-0.25, -0.2) is 9.18 Å². The van der Waals surface area contributed by atoms with Gasteiger partial charge in [-0.3, -0.25) is 4.79 Å². The van der Waals surface area contributed by atoms with Gasteiger partial charge in [0, 0.05) is 11.3 Å². The van der Waals surface area contributed by atoms with E-state index in [2.05, 4.69) is 5.32 Å². The number of furan rings is 1. The fraction of sp³-hybridized carbons (Fsp3) is 0.0952. The maximum atomic E-state index is 13.0. The molecule has 140 valence electrons. The second-order valence-corrected chi connectivity index (χ2v) is 5.90. The van der Waals surface area contributed by atoms with Gasteiger partial charge in [0.25, 0.3) is 5.91 Å². The fourth-order valence-corrected chi connectivity index (χ4v) is 2.36. The van der Waals surface area contributed by atoms with Crippen LogP contribution in [0.3, 0.4) is 0 Å². The summed E-state index contributed by atoms with van der Waals surface area (Å²) in [5, 5.41) is 11.4. The number of anilines is 1. The Bertz CT molecular complexity index is 1030. The predicted octanol–water partition coefficient (Wildman–Crippen LogP) is 4.14. The minimum atomic E-state index is -1.07. The molecule has 0 aliphatic heterocycles. The number of halogens is 1. The summed E-state index contributed by atoms with van der Waals surface area (Å²) in [6, 6.07) is 16.9. The summed E-state index contributed by atoms with van der Waals surface area (Å²) in [6.45, 7) is 1.43. The zero-order chi connectivity index (χ0) is 20.1. The Hall–Kier alpha value is -3.92. The molecule has 1 N–H and O–H groups in total. The third-order valence-electron chi connectivity index (χ3n) is 3.87. The molecule has 2 aromatic carbocycles. The lowest BCUT2D eigenvalue weighted by Crippen LogP contribution is -2.29. The summed E-state index contributed by atoms with van der Waals surface area (Å²) in [4.78, 5) is 24.4. The van der Waals surface area contributed by atoms with Gasteiger partial charge >= 0.3 is 5.97 Å². The van der Waals surface area contributed by atoms with Crippen molar-refractivity contribution in [2.45, 2.75) is 13.0 Å². The molecule has 28 heavy (non-hydrogen) atoms. The summed E-state index contributed by atoms with van der Waals surface area (Å²) >= 11 is 0. The molecule has 3 aromatic rings. The zero-order valence-corrected chi connectivity index (χ0v) is 14.8. The van der Waals surface area contributed by atoms with E-state index in [1.807, 2.05) is 6.07 Å². The van der Waals surface area contributed by atoms with Gasteiger partial charge in [0.1, 0.15) is 11.6 Å². The molecule has 0 bridgehead atoms. The van der Waals surface area contributed by atoms with Crippen molar-refractivity contribution in [1.29, 1.82) is 5.26 Å². The summed E-state index contributed by atoms with van der Waals surface area (Å²) in [5.41, 5.74) is 1.54. The van der Waals surface area contributed by atoms with E-state index >= 15 is 0 Å². The highest BCUT2D eigenvalue weighted by atomic mass is 19.1. The van der Waals surface area contributed by atoms with Gasteiger partial charge in [-0.1, -0.05) is 0 Å². The van der Waals surface area contributed by atoms with E-state index in [9.17, 15) is 14.0 Å². The van der Waals surface area contributed by atoms with Crippen LogP contribution in [0.15, 0.2) is 65.1 Å². The van der Waals surface area contributed by atoms with Gasteiger partial charge in [-0.15, -0.1) is 0 Å². The average molecular weight is 378 g/mol. The number of hydrogen-bond donors (Lipinski definition) is 1. The van der Waals surface area contributed by atoms with Gasteiger partial charge in [0.15, 0.2) is 6.10 Å². The lowest BCUT2D eigenvalue weighted by Gasteiger charge is -2.12. The number of esters is 1. The molecule has 0 radical (unpaired) electrons. The van der Waals surface area contributed by atoms with Crippen molar-refractivity contribution in [3.8, 4) is 17.4 Å². The molecule has 7 heteroatoms. The summed E-state index contributed by atoms with van der Waals surface area (Å²) in [5.74, 6) is -1.39. The second kappa shape index (κ2) is 8.18. The van der Waals surface area contributed by atoms with Crippen LogP contribution in [0.4, 0.5) is 10.1 Å². The van der Waals surface area contributed by atoms with Gasteiger partial charge in [-0.2, -0.15) is 5.26 Å². The van der Waals surface area contributed by atoms with Crippen molar-refractivity contribution in [2.24, 2.45) is 0 Å². The third kappa shape index (κ3) is 4.43. The van der Waals surface area contributed by atoms with Gasteiger partial charge in [0.05, 0.1) is 11.6 Å². The Kier molecular flexibility index (Phi) is 5.51. The van der Waals surface area contributed by atoms with E-state index in [4.69, 9.17) is 14.4 Å². The number of amides is 1. The monoisotopic (exact) mass is 378 g/mol. The van der Waals surface area contributed by atoms with Crippen LogP contribution in [0.5, 0.6) is 0 Å². The van der Waals surface area contributed by atoms with E-state index < -0.39 is 18.0 Å². The minimum Gasteiger partial charge on any atom is -0.449 e. The number of ether oxygens (including phenoxy) is 1. The Morgan fingerprint density at radius 3 is 2.39 bits per heavy atom. The molecule has 1 heterocycles. The second-order valence-electron chi connectivity index (χ2n) is 5.90. The standard InChI is InChI=1S/C21H15FN2O4/c1-13(20(25)24-17-8-2-14(12-23)3-9-17)27-21(26)19-11-10-18(28-19)15-4-6-16(22)7-5-15/h2-11,13H,1H3,(H,24,25). The molecule has 6 nitrogen and oxygen atoms in total. The molecule has 1 atom stereocenters. The Labute approximate surface area is 160 Å². The number of nitriles is 1. The molecule has 0 aliphatic carbocycles. The van der Waals surface area contributed by atoms with E-state index in [0.717, 1.165) is 0 Å². The highest BCUT2D eigenvalue weighted by molar-refractivity contribution is 5.96. The highest BCUT2D eigenvalue weighted by Crippen LogP contribution is 2.23. The van der Waals surface area contributed by atoms with Crippen LogP contribution in [0, 0.1) is 17.1 Å². The van der Waals surface area contributed by atoms with Crippen molar-refractivity contribution in [3.05, 3.63) is 77.8 Å².